The number of hydrogen-bond donors (Lipinski definition) is 0. The fourth-order valence-electron chi connectivity index (χ4n) is 3.59. The molecular weight excluding hydrogens is 260 g/mol. The predicted molar refractivity (Wildman–Crippen MR) is 83.4 cm³/mol. The summed E-state index contributed by atoms with van der Waals surface area (Å²) in [4.78, 5) is 0. The zero-order chi connectivity index (χ0) is 14.2. The lowest BCUT2D eigenvalue weighted by molar-refractivity contribution is 0.264. The number of para-hydroxylation sites is 1. The second-order valence-corrected chi connectivity index (χ2v) is 5.96. The highest BCUT2D eigenvalue weighted by atomic mass is 16.5. The second-order valence-electron chi connectivity index (χ2n) is 5.96. The van der Waals surface area contributed by atoms with E-state index in [1.54, 1.807) is 0 Å². The smallest absolute Gasteiger partial charge is 0.126 e. The van der Waals surface area contributed by atoms with Crippen molar-refractivity contribution in [1.29, 1.82) is 0 Å². The standard InChI is InChI=1S/C19H20O2/c1-13-8-9-17(19-14(13)6-4-11-21-19)15-10-12-20-18-7-3-2-5-16(15)18/h2-3,5,7-9,15H,4,6,10-12H2,1H3. The normalized spacial score (nSPS) is 20.0. The van der Waals surface area contributed by atoms with Gasteiger partial charge >= 0.3 is 0 Å². The Labute approximate surface area is 125 Å². The van der Waals surface area contributed by atoms with Crippen LogP contribution in [0.5, 0.6) is 11.5 Å². The van der Waals surface area contributed by atoms with Crippen LogP contribution in [0.1, 0.15) is 41.0 Å². The van der Waals surface area contributed by atoms with E-state index in [-0.39, 0.29) is 0 Å². The van der Waals surface area contributed by atoms with Crippen LogP contribution in [-0.4, -0.2) is 13.2 Å². The number of rotatable bonds is 1. The first-order chi connectivity index (χ1) is 10.3. The largest absolute Gasteiger partial charge is 0.493 e. The Morgan fingerprint density at radius 2 is 1.86 bits per heavy atom. The fourth-order valence-corrected chi connectivity index (χ4v) is 3.59. The molecule has 0 aromatic heterocycles. The molecule has 2 aliphatic heterocycles. The van der Waals surface area contributed by atoms with Gasteiger partial charge in [0.1, 0.15) is 11.5 Å². The van der Waals surface area contributed by atoms with Gasteiger partial charge in [-0.25, -0.2) is 0 Å². The lowest BCUT2D eigenvalue weighted by Crippen LogP contribution is -2.18. The molecule has 2 nitrogen and oxygen atoms in total. The Morgan fingerprint density at radius 1 is 0.952 bits per heavy atom. The second kappa shape index (κ2) is 5.10. The number of benzene rings is 2. The van der Waals surface area contributed by atoms with Gasteiger partial charge in [-0.3, -0.25) is 0 Å². The van der Waals surface area contributed by atoms with Crippen LogP contribution in [0.3, 0.4) is 0 Å². The maximum Gasteiger partial charge on any atom is 0.126 e. The minimum absolute atomic E-state index is 0.391. The van der Waals surface area contributed by atoms with Crippen LogP contribution in [0.25, 0.3) is 0 Å². The summed E-state index contributed by atoms with van der Waals surface area (Å²) in [6.45, 7) is 3.81. The van der Waals surface area contributed by atoms with E-state index in [1.807, 2.05) is 6.07 Å². The molecule has 0 spiro atoms. The predicted octanol–water partition coefficient (Wildman–Crippen LogP) is 4.23. The Kier molecular flexibility index (Phi) is 3.10. The number of fused-ring (bicyclic) bond motifs is 2. The van der Waals surface area contributed by atoms with Gasteiger partial charge in [-0.15, -0.1) is 0 Å². The minimum Gasteiger partial charge on any atom is -0.493 e. The SMILES string of the molecule is Cc1ccc(C2CCOc3ccccc32)c2c1CCCO2. The van der Waals surface area contributed by atoms with Crippen LogP contribution in [-0.2, 0) is 6.42 Å². The Hall–Kier alpha value is -1.96. The molecule has 1 unspecified atom stereocenters. The lowest BCUT2D eigenvalue weighted by Gasteiger charge is -2.30. The first kappa shape index (κ1) is 12.8. The van der Waals surface area contributed by atoms with Crippen LogP contribution in [0, 0.1) is 6.92 Å². The molecule has 2 aliphatic rings. The fraction of sp³-hybridized carbons (Fsp3) is 0.368. The van der Waals surface area contributed by atoms with E-state index in [1.165, 1.54) is 22.3 Å². The lowest BCUT2D eigenvalue weighted by atomic mass is 9.83. The molecule has 2 heteroatoms. The highest BCUT2D eigenvalue weighted by Gasteiger charge is 2.27. The molecule has 2 aromatic carbocycles. The van der Waals surface area contributed by atoms with Gasteiger partial charge in [0.25, 0.3) is 0 Å². The molecule has 0 N–H and O–H groups in total. The minimum atomic E-state index is 0.391. The molecule has 0 amide bonds. The summed E-state index contributed by atoms with van der Waals surface area (Å²) in [6, 6.07) is 12.9. The molecule has 0 saturated heterocycles. The molecule has 0 radical (unpaired) electrons. The third-order valence-electron chi connectivity index (χ3n) is 4.68. The highest BCUT2D eigenvalue weighted by Crippen LogP contribution is 2.44. The molecule has 1 atom stereocenters. The molecule has 2 aromatic rings. The van der Waals surface area contributed by atoms with Crippen molar-refractivity contribution >= 4 is 0 Å². The van der Waals surface area contributed by atoms with Crippen molar-refractivity contribution in [3.05, 3.63) is 58.7 Å². The van der Waals surface area contributed by atoms with Crippen molar-refractivity contribution < 1.29 is 9.47 Å². The van der Waals surface area contributed by atoms with Gasteiger partial charge in [-0.2, -0.15) is 0 Å². The van der Waals surface area contributed by atoms with E-state index in [0.29, 0.717) is 5.92 Å². The number of aryl methyl sites for hydroxylation is 1. The molecule has 2 heterocycles. The van der Waals surface area contributed by atoms with Crippen molar-refractivity contribution in [1.82, 2.24) is 0 Å². The van der Waals surface area contributed by atoms with Gasteiger partial charge in [-0.1, -0.05) is 30.3 Å². The maximum atomic E-state index is 6.06. The van der Waals surface area contributed by atoms with Crippen molar-refractivity contribution in [2.24, 2.45) is 0 Å². The first-order valence-electron chi connectivity index (χ1n) is 7.81. The summed E-state index contributed by atoms with van der Waals surface area (Å²) in [6.07, 6.45) is 3.29. The van der Waals surface area contributed by atoms with E-state index in [0.717, 1.165) is 44.0 Å². The third kappa shape index (κ3) is 2.10. The van der Waals surface area contributed by atoms with Crippen LogP contribution < -0.4 is 9.47 Å². The molecule has 0 bridgehead atoms. The van der Waals surface area contributed by atoms with Crippen molar-refractivity contribution in [3.63, 3.8) is 0 Å². The van der Waals surface area contributed by atoms with Gasteiger partial charge in [0, 0.05) is 17.0 Å². The van der Waals surface area contributed by atoms with Crippen LogP contribution >= 0.6 is 0 Å². The van der Waals surface area contributed by atoms with Gasteiger partial charge < -0.3 is 9.47 Å². The Morgan fingerprint density at radius 3 is 2.81 bits per heavy atom. The topological polar surface area (TPSA) is 18.5 Å². The van der Waals surface area contributed by atoms with E-state index in [9.17, 15) is 0 Å². The summed E-state index contributed by atoms with van der Waals surface area (Å²) in [5, 5.41) is 0. The third-order valence-corrected chi connectivity index (χ3v) is 4.68. The molecular formula is C19H20O2. The van der Waals surface area contributed by atoms with Gasteiger partial charge in [0.2, 0.25) is 0 Å². The van der Waals surface area contributed by atoms with E-state index in [4.69, 9.17) is 9.47 Å². The molecule has 0 saturated carbocycles. The molecule has 108 valence electrons. The van der Waals surface area contributed by atoms with Crippen LogP contribution in [0.2, 0.25) is 0 Å². The van der Waals surface area contributed by atoms with Crippen LogP contribution in [0.15, 0.2) is 36.4 Å². The maximum absolute atomic E-state index is 6.06. The van der Waals surface area contributed by atoms with Gasteiger partial charge in [0.15, 0.2) is 0 Å². The zero-order valence-electron chi connectivity index (χ0n) is 12.4. The van der Waals surface area contributed by atoms with Crippen molar-refractivity contribution in [3.8, 4) is 11.5 Å². The molecule has 0 aliphatic carbocycles. The summed E-state index contributed by atoms with van der Waals surface area (Å²) < 4.78 is 11.9. The highest BCUT2D eigenvalue weighted by molar-refractivity contribution is 5.53. The van der Waals surface area contributed by atoms with Gasteiger partial charge in [0.05, 0.1) is 13.2 Å². The van der Waals surface area contributed by atoms with Crippen LogP contribution in [0.4, 0.5) is 0 Å². The Bertz CT molecular complexity index is 675. The molecule has 0 fully saturated rings. The monoisotopic (exact) mass is 280 g/mol. The van der Waals surface area contributed by atoms with E-state index >= 15 is 0 Å². The van der Waals surface area contributed by atoms with Crippen molar-refractivity contribution in [2.45, 2.75) is 32.1 Å². The van der Waals surface area contributed by atoms with Gasteiger partial charge in [-0.05, 0) is 43.4 Å². The van der Waals surface area contributed by atoms with Crippen molar-refractivity contribution in [2.75, 3.05) is 13.2 Å². The number of hydrogen-bond acceptors (Lipinski definition) is 2. The molecule has 21 heavy (non-hydrogen) atoms. The van der Waals surface area contributed by atoms with E-state index in [2.05, 4.69) is 37.3 Å². The summed E-state index contributed by atoms with van der Waals surface area (Å²) in [7, 11) is 0. The summed E-state index contributed by atoms with van der Waals surface area (Å²) >= 11 is 0. The molecule has 4 rings (SSSR count). The summed E-state index contributed by atoms with van der Waals surface area (Å²) in [5.41, 5.74) is 5.39. The number of ether oxygens (including phenoxy) is 2. The van der Waals surface area contributed by atoms with E-state index < -0.39 is 0 Å². The first-order valence-corrected chi connectivity index (χ1v) is 7.81. The summed E-state index contributed by atoms with van der Waals surface area (Å²) in [5.74, 6) is 2.56. The average molecular weight is 280 g/mol. The average Bonchev–Trinajstić information content (AvgIpc) is 2.55. The zero-order valence-corrected chi connectivity index (χ0v) is 12.4. The quantitative estimate of drug-likeness (QED) is 0.778. The Balaban J connectivity index is 1.85.